The van der Waals surface area contributed by atoms with Gasteiger partial charge in [0.1, 0.15) is 0 Å². The molecule has 0 aromatic heterocycles. The van der Waals surface area contributed by atoms with Crippen LogP contribution in [0.4, 0.5) is 0 Å². The third kappa shape index (κ3) is 0.640. The van der Waals surface area contributed by atoms with E-state index < -0.39 is 0 Å². The third-order valence-electron chi connectivity index (χ3n) is 1.74. The van der Waals surface area contributed by atoms with Crippen molar-refractivity contribution in [1.29, 1.82) is 0 Å². The number of hydrazine groups is 1. The molecule has 0 aromatic rings. The van der Waals surface area contributed by atoms with Crippen molar-refractivity contribution in [3.8, 4) is 0 Å². The van der Waals surface area contributed by atoms with Crippen LogP contribution in [0.2, 0.25) is 0 Å². The molecule has 1 saturated heterocycles. The Kier molecular flexibility index (Phi) is 0.869. The van der Waals surface area contributed by atoms with Gasteiger partial charge in [0.25, 0.3) is 0 Å². The first-order chi connectivity index (χ1) is 3.13. The Morgan fingerprint density at radius 2 is 2.00 bits per heavy atom. The van der Waals surface area contributed by atoms with Gasteiger partial charge >= 0.3 is 0 Å². The van der Waals surface area contributed by atoms with Gasteiger partial charge in [-0.15, -0.1) is 0 Å². The van der Waals surface area contributed by atoms with Crippen LogP contribution in [0.5, 0.6) is 0 Å². The Labute approximate surface area is 44.3 Å². The van der Waals surface area contributed by atoms with Crippen LogP contribution in [0.1, 0.15) is 20.3 Å². The lowest BCUT2D eigenvalue weighted by atomic mass is 9.92. The Morgan fingerprint density at radius 3 is 2.00 bits per heavy atom. The highest BCUT2D eigenvalue weighted by molar-refractivity contribution is 4.87. The summed E-state index contributed by atoms with van der Waals surface area (Å²) < 4.78 is 0. The molecule has 1 rings (SSSR count). The summed E-state index contributed by atoms with van der Waals surface area (Å²) >= 11 is 0. The predicted molar refractivity (Wildman–Crippen MR) is 29.6 cm³/mol. The maximum Gasteiger partial charge on any atom is 0.0308 e. The second-order valence-corrected chi connectivity index (χ2v) is 2.76. The number of hydrogen-bond donors (Lipinski definition) is 1. The van der Waals surface area contributed by atoms with Gasteiger partial charge in [-0.25, -0.2) is 5.01 Å². The zero-order valence-corrected chi connectivity index (χ0v) is 4.94. The van der Waals surface area contributed by atoms with E-state index in [9.17, 15) is 0 Å². The highest BCUT2D eigenvalue weighted by Crippen LogP contribution is 2.24. The van der Waals surface area contributed by atoms with Gasteiger partial charge in [0.15, 0.2) is 0 Å². The van der Waals surface area contributed by atoms with Gasteiger partial charge in [-0.05, 0) is 20.3 Å². The molecule has 1 fully saturated rings. The van der Waals surface area contributed by atoms with Crippen LogP contribution in [0.15, 0.2) is 0 Å². The molecule has 0 bridgehead atoms. The minimum atomic E-state index is 0.292. The molecule has 0 aromatic carbocycles. The summed E-state index contributed by atoms with van der Waals surface area (Å²) in [7, 11) is 0. The molecule has 0 unspecified atom stereocenters. The summed E-state index contributed by atoms with van der Waals surface area (Å²) in [6.45, 7) is 5.36. The van der Waals surface area contributed by atoms with Gasteiger partial charge in [0.2, 0.25) is 0 Å². The summed E-state index contributed by atoms with van der Waals surface area (Å²) in [6, 6.07) is 0. The molecular weight excluding hydrogens is 88.1 g/mol. The second-order valence-electron chi connectivity index (χ2n) is 2.76. The fraction of sp³-hybridized carbons (Fsp3) is 1.00. The Hall–Kier alpha value is -0.0800. The fourth-order valence-electron chi connectivity index (χ4n) is 0.688. The quantitative estimate of drug-likeness (QED) is 0.445. The van der Waals surface area contributed by atoms with Crippen LogP contribution >= 0.6 is 0 Å². The molecule has 0 saturated carbocycles. The number of hydrogen-bond acceptors (Lipinski definition) is 2. The molecule has 1 heterocycles. The van der Waals surface area contributed by atoms with Crippen molar-refractivity contribution in [3.63, 3.8) is 0 Å². The highest BCUT2D eigenvalue weighted by atomic mass is 15.5. The van der Waals surface area contributed by atoms with Crippen molar-refractivity contribution in [2.45, 2.75) is 25.8 Å². The standard InChI is InChI=1S/C5H12N2/c1-5(2)3-4-7(5)6/h3-4,6H2,1-2H3. The molecular formula is C5H12N2. The Morgan fingerprint density at radius 1 is 1.57 bits per heavy atom. The van der Waals surface area contributed by atoms with Crippen LogP contribution in [0.3, 0.4) is 0 Å². The van der Waals surface area contributed by atoms with Crippen LogP contribution in [0, 0.1) is 0 Å². The van der Waals surface area contributed by atoms with Gasteiger partial charge in [-0.2, -0.15) is 0 Å². The number of nitrogens with zero attached hydrogens (tertiary/aromatic N) is 1. The van der Waals surface area contributed by atoms with Crippen LogP contribution < -0.4 is 5.84 Å². The van der Waals surface area contributed by atoms with Gasteiger partial charge in [-0.3, -0.25) is 5.84 Å². The van der Waals surface area contributed by atoms with E-state index in [1.54, 1.807) is 0 Å². The van der Waals surface area contributed by atoms with E-state index in [1.807, 2.05) is 5.01 Å². The molecule has 1 aliphatic heterocycles. The van der Waals surface area contributed by atoms with Gasteiger partial charge < -0.3 is 0 Å². The molecule has 0 spiro atoms. The zero-order valence-electron chi connectivity index (χ0n) is 4.94. The Bertz CT molecular complexity index is 78.1. The van der Waals surface area contributed by atoms with E-state index in [0.717, 1.165) is 6.54 Å². The molecule has 0 atom stereocenters. The van der Waals surface area contributed by atoms with Gasteiger partial charge in [0.05, 0.1) is 0 Å². The summed E-state index contributed by atoms with van der Waals surface area (Å²) in [5.41, 5.74) is 0.292. The first kappa shape index (κ1) is 5.06. The molecule has 0 amide bonds. The van der Waals surface area contributed by atoms with Crippen molar-refractivity contribution in [3.05, 3.63) is 0 Å². The number of rotatable bonds is 0. The smallest absolute Gasteiger partial charge is 0.0308 e. The van der Waals surface area contributed by atoms with Crippen LogP contribution in [0.25, 0.3) is 0 Å². The summed E-state index contributed by atoms with van der Waals surface area (Å²) in [5.74, 6) is 5.49. The van der Waals surface area contributed by atoms with Gasteiger partial charge in [0, 0.05) is 12.1 Å². The zero-order chi connectivity index (χ0) is 5.49. The van der Waals surface area contributed by atoms with E-state index in [-0.39, 0.29) is 0 Å². The summed E-state index contributed by atoms with van der Waals surface area (Å²) in [5, 5.41) is 1.87. The third-order valence-corrected chi connectivity index (χ3v) is 1.74. The minimum absolute atomic E-state index is 0.292. The average Bonchev–Trinajstić information content (AvgIpc) is 1.63. The van der Waals surface area contributed by atoms with Crippen molar-refractivity contribution in [1.82, 2.24) is 5.01 Å². The molecule has 2 nitrogen and oxygen atoms in total. The van der Waals surface area contributed by atoms with E-state index in [1.165, 1.54) is 6.42 Å². The maximum atomic E-state index is 5.49. The van der Waals surface area contributed by atoms with Crippen molar-refractivity contribution in [2.75, 3.05) is 6.54 Å². The molecule has 7 heavy (non-hydrogen) atoms. The van der Waals surface area contributed by atoms with Crippen molar-refractivity contribution < 1.29 is 0 Å². The minimum Gasteiger partial charge on any atom is -0.268 e. The van der Waals surface area contributed by atoms with E-state index >= 15 is 0 Å². The lowest BCUT2D eigenvalue weighted by Crippen LogP contribution is -2.59. The van der Waals surface area contributed by atoms with Gasteiger partial charge in [-0.1, -0.05) is 0 Å². The predicted octanol–water partition coefficient (Wildman–Crippen LogP) is 0.344. The molecule has 2 N–H and O–H groups in total. The molecule has 0 radical (unpaired) electrons. The molecule has 2 heteroatoms. The van der Waals surface area contributed by atoms with E-state index in [2.05, 4.69) is 13.8 Å². The first-order valence-corrected chi connectivity index (χ1v) is 2.65. The van der Waals surface area contributed by atoms with E-state index in [4.69, 9.17) is 5.84 Å². The monoisotopic (exact) mass is 100 g/mol. The molecule has 1 aliphatic rings. The van der Waals surface area contributed by atoms with Crippen LogP contribution in [-0.4, -0.2) is 17.1 Å². The molecule has 0 aliphatic carbocycles. The summed E-state index contributed by atoms with van der Waals surface area (Å²) in [4.78, 5) is 0. The maximum absolute atomic E-state index is 5.49. The van der Waals surface area contributed by atoms with Crippen molar-refractivity contribution >= 4 is 0 Å². The number of nitrogens with two attached hydrogens (primary N) is 1. The molecule has 42 valence electrons. The van der Waals surface area contributed by atoms with E-state index in [0.29, 0.717) is 5.54 Å². The fourth-order valence-corrected chi connectivity index (χ4v) is 0.688. The first-order valence-electron chi connectivity index (χ1n) is 2.65. The second kappa shape index (κ2) is 1.20. The topological polar surface area (TPSA) is 29.3 Å². The van der Waals surface area contributed by atoms with Crippen LogP contribution in [-0.2, 0) is 0 Å². The highest BCUT2D eigenvalue weighted by Gasteiger charge is 2.32. The van der Waals surface area contributed by atoms with Crippen molar-refractivity contribution in [2.24, 2.45) is 5.84 Å². The average molecular weight is 100 g/mol. The lowest BCUT2D eigenvalue weighted by molar-refractivity contribution is 0.0155. The SMILES string of the molecule is CC1(C)CCN1N. The largest absolute Gasteiger partial charge is 0.268 e. The Balaban J connectivity index is 2.43. The lowest BCUT2D eigenvalue weighted by Gasteiger charge is -2.44. The normalized spacial score (nSPS) is 29.6. The summed E-state index contributed by atoms with van der Waals surface area (Å²) in [6.07, 6.45) is 1.24.